The molecule has 0 atom stereocenters. The number of nitrogens with zero attached hydrogens (tertiary/aromatic N) is 2. The van der Waals surface area contributed by atoms with Gasteiger partial charge < -0.3 is 9.40 Å². The summed E-state index contributed by atoms with van der Waals surface area (Å²) in [6, 6.07) is 13.4. The minimum absolute atomic E-state index is 0.170. The van der Waals surface area contributed by atoms with Gasteiger partial charge >= 0.3 is 0 Å². The SMILES string of the molecule is O=c1[nH]c(-c2ccccc2)nc2c1CN(Cc1coc3ccc(F)cc3c1=O)CC2. The maximum Gasteiger partial charge on any atom is 0.255 e. The molecule has 0 aliphatic carbocycles. The van der Waals surface area contributed by atoms with Crippen LogP contribution in [-0.2, 0) is 19.5 Å². The third-order valence-corrected chi connectivity index (χ3v) is 5.39. The summed E-state index contributed by atoms with van der Waals surface area (Å²) in [5.41, 5.74) is 2.61. The fraction of sp³-hybridized carbons (Fsp3) is 0.174. The van der Waals surface area contributed by atoms with Gasteiger partial charge in [0.1, 0.15) is 17.2 Å². The first-order chi connectivity index (χ1) is 14.6. The van der Waals surface area contributed by atoms with Crippen molar-refractivity contribution in [1.29, 1.82) is 0 Å². The third kappa shape index (κ3) is 3.33. The monoisotopic (exact) mass is 403 g/mol. The van der Waals surface area contributed by atoms with Crippen LogP contribution in [0.25, 0.3) is 22.4 Å². The minimum atomic E-state index is -0.481. The molecular formula is C23H18FN3O3. The summed E-state index contributed by atoms with van der Waals surface area (Å²) < 4.78 is 19.0. The van der Waals surface area contributed by atoms with Crippen molar-refractivity contribution in [2.24, 2.45) is 0 Å². The first-order valence-electron chi connectivity index (χ1n) is 9.68. The Hall–Kier alpha value is -3.58. The molecule has 0 unspecified atom stereocenters. The van der Waals surface area contributed by atoms with E-state index >= 15 is 0 Å². The third-order valence-electron chi connectivity index (χ3n) is 5.39. The maximum atomic E-state index is 13.5. The van der Waals surface area contributed by atoms with Gasteiger partial charge in [0.2, 0.25) is 0 Å². The van der Waals surface area contributed by atoms with Crippen molar-refractivity contribution < 1.29 is 8.81 Å². The van der Waals surface area contributed by atoms with Gasteiger partial charge in [0.25, 0.3) is 5.56 Å². The van der Waals surface area contributed by atoms with Gasteiger partial charge in [0, 0.05) is 37.2 Å². The molecule has 0 amide bonds. The number of hydrogen-bond acceptors (Lipinski definition) is 5. The van der Waals surface area contributed by atoms with Gasteiger partial charge in [-0.25, -0.2) is 9.37 Å². The van der Waals surface area contributed by atoms with Crippen molar-refractivity contribution in [3.63, 3.8) is 0 Å². The summed E-state index contributed by atoms with van der Waals surface area (Å²) in [6.45, 7) is 1.35. The van der Waals surface area contributed by atoms with Crippen LogP contribution in [0, 0.1) is 5.82 Å². The van der Waals surface area contributed by atoms with Gasteiger partial charge in [-0.3, -0.25) is 14.5 Å². The molecule has 0 saturated heterocycles. The highest BCUT2D eigenvalue weighted by Gasteiger charge is 2.22. The predicted octanol–water partition coefficient (Wildman–Crippen LogP) is 3.24. The summed E-state index contributed by atoms with van der Waals surface area (Å²) >= 11 is 0. The molecule has 2 aromatic heterocycles. The zero-order valence-corrected chi connectivity index (χ0v) is 16.0. The lowest BCUT2D eigenvalue weighted by molar-refractivity contribution is 0.239. The Morgan fingerprint density at radius 1 is 1.13 bits per heavy atom. The smallest absolute Gasteiger partial charge is 0.255 e. The Morgan fingerprint density at radius 2 is 1.97 bits per heavy atom. The van der Waals surface area contributed by atoms with E-state index in [1.54, 1.807) is 0 Å². The number of nitrogens with one attached hydrogen (secondary N) is 1. The second kappa shape index (κ2) is 7.35. The van der Waals surface area contributed by atoms with Crippen LogP contribution >= 0.6 is 0 Å². The number of fused-ring (bicyclic) bond motifs is 2. The highest BCUT2D eigenvalue weighted by molar-refractivity contribution is 5.76. The van der Waals surface area contributed by atoms with Crippen LogP contribution in [0.15, 0.2) is 68.8 Å². The average Bonchev–Trinajstić information content (AvgIpc) is 2.77. The largest absolute Gasteiger partial charge is 0.464 e. The zero-order chi connectivity index (χ0) is 20.7. The second-order valence-corrected chi connectivity index (χ2v) is 7.40. The standard InChI is InChI=1S/C23H18FN3O3/c24-16-6-7-20-17(10-16)21(28)15(13-30-20)11-27-9-8-19-18(12-27)23(29)26-22(25-19)14-4-2-1-3-5-14/h1-7,10,13H,8-9,11-12H2,(H,25,26,29). The van der Waals surface area contributed by atoms with E-state index in [0.717, 1.165) is 11.3 Å². The number of halogens is 1. The van der Waals surface area contributed by atoms with Gasteiger partial charge in [-0.2, -0.15) is 0 Å². The molecule has 150 valence electrons. The normalized spacial score (nSPS) is 14.0. The van der Waals surface area contributed by atoms with Crippen LogP contribution in [0.2, 0.25) is 0 Å². The summed E-state index contributed by atoms with van der Waals surface area (Å²) in [4.78, 5) is 34.9. The molecule has 2 aromatic carbocycles. The van der Waals surface area contributed by atoms with Gasteiger partial charge in [-0.05, 0) is 18.2 Å². The number of benzene rings is 2. The summed E-state index contributed by atoms with van der Waals surface area (Å²) in [5.74, 6) is 0.0793. The second-order valence-electron chi connectivity index (χ2n) is 7.40. The molecule has 1 N–H and O–H groups in total. The molecule has 1 aliphatic rings. The van der Waals surface area contributed by atoms with E-state index in [2.05, 4.69) is 9.97 Å². The lowest BCUT2D eigenvalue weighted by Gasteiger charge is -2.27. The highest BCUT2D eigenvalue weighted by atomic mass is 19.1. The van der Waals surface area contributed by atoms with Crippen molar-refractivity contribution in [3.05, 3.63) is 98.0 Å². The Bertz CT molecular complexity index is 1360. The van der Waals surface area contributed by atoms with E-state index in [9.17, 15) is 14.0 Å². The van der Waals surface area contributed by atoms with Gasteiger partial charge in [-0.1, -0.05) is 30.3 Å². The van der Waals surface area contributed by atoms with Crippen molar-refractivity contribution >= 4 is 11.0 Å². The molecule has 0 spiro atoms. The average molecular weight is 403 g/mol. The van der Waals surface area contributed by atoms with Gasteiger partial charge in [-0.15, -0.1) is 0 Å². The molecule has 3 heterocycles. The molecule has 0 saturated carbocycles. The lowest BCUT2D eigenvalue weighted by atomic mass is 10.1. The topological polar surface area (TPSA) is 79.2 Å². The Labute approximate surface area is 170 Å². The Morgan fingerprint density at radius 3 is 2.80 bits per heavy atom. The molecule has 0 bridgehead atoms. The fourth-order valence-electron chi connectivity index (χ4n) is 3.84. The molecule has 4 aromatic rings. The summed E-state index contributed by atoms with van der Waals surface area (Å²) in [7, 11) is 0. The molecular weight excluding hydrogens is 385 g/mol. The lowest BCUT2D eigenvalue weighted by Crippen LogP contribution is -2.36. The van der Waals surface area contributed by atoms with Crippen LogP contribution in [0.1, 0.15) is 16.8 Å². The molecule has 1 aliphatic heterocycles. The van der Waals surface area contributed by atoms with E-state index < -0.39 is 5.82 Å². The number of aromatic nitrogens is 2. The predicted molar refractivity (Wildman–Crippen MR) is 111 cm³/mol. The Balaban J connectivity index is 1.43. The number of hydrogen-bond donors (Lipinski definition) is 1. The molecule has 7 heteroatoms. The number of aromatic amines is 1. The first kappa shape index (κ1) is 18.4. The van der Waals surface area contributed by atoms with Crippen molar-refractivity contribution in [2.45, 2.75) is 19.5 Å². The van der Waals surface area contributed by atoms with Crippen LogP contribution in [0.3, 0.4) is 0 Å². The van der Waals surface area contributed by atoms with Crippen LogP contribution in [0.5, 0.6) is 0 Å². The number of rotatable bonds is 3. The van der Waals surface area contributed by atoms with Gasteiger partial charge in [0.15, 0.2) is 5.43 Å². The van der Waals surface area contributed by atoms with Crippen molar-refractivity contribution in [3.8, 4) is 11.4 Å². The van der Waals surface area contributed by atoms with Crippen LogP contribution in [0.4, 0.5) is 4.39 Å². The molecule has 5 rings (SSSR count). The fourth-order valence-corrected chi connectivity index (χ4v) is 3.84. The van der Waals surface area contributed by atoms with Gasteiger partial charge in [0.05, 0.1) is 22.9 Å². The first-order valence-corrected chi connectivity index (χ1v) is 9.68. The quantitative estimate of drug-likeness (QED) is 0.568. The van der Waals surface area contributed by atoms with E-state index in [1.165, 1.54) is 24.5 Å². The molecule has 30 heavy (non-hydrogen) atoms. The maximum absolute atomic E-state index is 13.5. The molecule has 0 fully saturated rings. The minimum Gasteiger partial charge on any atom is -0.464 e. The summed E-state index contributed by atoms with van der Waals surface area (Å²) in [5, 5.41) is 0.219. The van der Waals surface area contributed by atoms with E-state index in [0.29, 0.717) is 48.6 Å². The highest BCUT2D eigenvalue weighted by Crippen LogP contribution is 2.20. The van der Waals surface area contributed by atoms with Crippen molar-refractivity contribution in [2.75, 3.05) is 6.54 Å². The molecule has 0 radical (unpaired) electrons. The van der Waals surface area contributed by atoms with E-state index in [1.807, 2.05) is 35.2 Å². The van der Waals surface area contributed by atoms with E-state index in [4.69, 9.17) is 4.42 Å². The zero-order valence-electron chi connectivity index (χ0n) is 16.0. The Kier molecular flexibility index (Phi) is 4.52. The number of H-pyrrole nitrogens is 1. The van der Waals surface area contributed by atoms with Crippen molar-refractivity contribution in [1.82, 2.24) is 14.9 Å². The molecule has 6 nitrogen and oxygen atoms in total. The van der Waals surface area contributed by atoms with E-state index in [-0.39, 0.29) is 16.4 Å². The van der Waals surface area contributed by atoms with Crippen LogP contribution in [-0.4, -0.2) is 21.4 Å². The van der Waals surface area contributed by atoms with Crippen LogP contribution < -0.4 is 11.0 Å². The summed E-state index contributed by atoms with van der Waals surface area (Å²) in [6.07, 6.45) is 2.02.